The van der Waals surface area contributed by atoms with Gasteiger partial charge in [0.05, 0.1) is 0 Å². The molecule has 17 heavy (non-hydrogen) atoms. The average Bonchev–Trinajstić information content (AvgIpc) is 2.55. The molecule has 0 aliphatic carbocycles. The van der Waals surface area contributed by atoms with Gasteiger partial charge in [-0.05, 0) is 37.6 Å². The Morgan fingerprint density at radius 1 is 1.35 bits per heavy atom. The minimum atomic E-state index is 0.364. The van der Waals surface area contributed by atoms with E-state index >= 15 is 0 Å². The third kappa shape index (κ3) is 3.21. The highest BCUT2D eigenvalue weighted by molar-refractivity contribution is 5.80. The Morgan fingerprint density at radius 2 is 2.12 bits per heavy atom. The van der Waals surface area contributed by atoms with Gasteiger partial charge in [-0.3, -0.25) is 4.79 Å². The molecule has 1 amide bonds. The quantitative estimate of drug-likeness (QED) is 0.817. The Hall–Kier alpha value is -0.570. The van der Waals surface area contributed by atoms with Gasteiger partial charge in [0, 0.05) is 25.0 Å². The maximum atomic E-state index is 11.9. The van der Waals surface area contributed by atoms with Gasteiger partial charge in [0.15, 0.2) is 0 Å². The summed E-state index contributed by atoms with van der Waals surface area (Å²) in [5.74, 6) is 0.364. The van der Waals surface area contributed by atoms with Gasteiger partial charge in [0.2, 0.25) is 5.91 Å². The number of amides is 1. The van der Waals surface area contributed by atoms with E-state index in [-0.39, 0.29) is 0 Å². The number of rotatable bonds is 3. The van der Waals surface area contributed by atoms with E-state index in [4.69, 9.17) is 0 Å². The standard InChI is InChI=1S/C14H26N2O/c1-14(2,3)7-8-15-11-10-13(17)16-9-5-4-6-12(11)16/h11-12,15H,4-10H2,1-3H3. The van der Waals surface area contributed by atoms with Crippen LogP contribution >= 0.6 is 0 Å². The van der Waals surface area contributed by atoms with E-state index in [9.17, 15) is 4.79 Å². The van der Waals surface area contributed by atoms with Crippen LogP contribution in [0.25, 0.3) is 0 Å². The number of hydrogen-bond donors (Lipinski definition) is 1. The molecule has 2 fully saturated rings. The number of nitrogens with zero attached hydrogens (tertiary/aromatic N) is 1. The van der Waals surface area contributed by atoms with Crippen molar-refractivity contribution in [2.75, 3.05) is 13.1 Å². The minimum Gasteiger partial charge on any atom is -0.338 e. The van der Waals surface area contributed by atoms with Gasteiger partial charge < -0.3 is 10.2 Å². The molecule has 3 heteroatoms. The van der Waals surface area contributed by atoms with Crippen molar-refractivity contribution in [1.29, 1.82) is 0 Å². The summed E-state index contributed by atoms with van der Waals surface area (Å²) in [6.07, 6.45) is 5.56. The first-order valence-electron chi connectivity index (χ1n) is 7.00. The molecule has 0 saturated carbocycles. The van der Waals surface area contributed by atoms with Gasteiger partial charge in [0.25, 0.3) is 0 Å². The molecule has 2 aliphatic heterocycles. The fourth-order valence-electron chi connectivity index (χ4n) is 2.97. The molecule has 98 valence electrons. The molecule has 2 aliphatic rings. The Balaban J connectivity index is 1.83. The van der Waals surface area contributed by atoms with Crippen LogP contribution in [0.1, 0.15) is 52.9 Å². The number of carbonyl (C=O) groups is 1. The zero-order valence-electron chi connectivity index (χ0n) is 11.5. The molecule has 2 rings (SSSR count). The molecule has 0 bridgehead atoms. The highest BCUT2D eigenvalue weighted by Gasteiger charge is 2.40. The smallest absolute Gasteiger partial charge is 0.224 e. The highest BCUT2D eigenvalue weighted by atomic mass is 16.2. The number of fused-ring (bicyclic) bond motifs is 1. The Labute approximate surface area is 105 Å². The van der Waals surface area contributed by atoms with Gasteiger partial charge in [-0.1, -0.05) is 20.8 Å². The molecule has 1 N–H and O–H groups in total. The minimum absolute atomic E-state index is 0.364. The van der Waals surface area contributed by atoms with E-state index in [0.29, 0.717) is 23.4 Å². The fourth-order valence-corrected chi connectivity index (χ4v) is 2.97. The number of hydrogen-bond acceptors (Lipinski definition) is 2. The van der Waals surface area contributed by atoms with E-state index in [1.807, 2.05) is 0 Å². The van der Waals surface area contributed by atoms with Crippen molar-refractivity contribution in [2.24, 2.45) is 5.41 Å². The van der Waals surface area contributed by atoms with E-state index in [1.54, 1.807) is 0 Å². The first kappa shape index (κ1) is 12.9. The lowest BCUT2D eigenvalue weighted by atomic mass is 9.92. The Kier molecular flexibility index (Phi) is 3.76. The summed E-state index contributed by atoms with van der Waals surface area (Å²) in [5.41, 5.74) is 0.377. The van der Waals surface area contributed by atoms with Crippen molar-refractivity contribution in [3.05, 3.63) is 0 Å². The van der Waals surface area contributed by atoms with Gasteiger partial charge in [-0.15, -0.1) is 0 Å². The van der Waals surface area contributed by atoms with Crippen molar-refractivity contribution in [3.63, 3.8) is 0 Å². The first-order chi connectivity index (χ1) is 7.97. The van der Waals surface area contributed by atoms with Crippen LogP contribution in [0.3, 0.4) is 0 Å². The topological polar surface area (TPSA) is 32.3 Å². The third-order valence-corrected chi connectivity index (χ3v) is 4.01. The monoisotopic (exact) mass is 238 g/mol. The van der Waals surface area contributed by atoms with E-state index in [2.05, 4.69) is 31.0 Å². The number of piperidine rings is 1. The van der Waals surface area contributed by atoms with Gasteiger partial charge in [-0.25, -0.2) is 0 Å². The lowest BCUT2D eigenvalue weighted by molar-refractivity contribution is -0.129. The molecular formula is C14H26N2O. The average molecular weight is 238 g/mol. The summed E-state index contributed by atoms with van der Waals surface area (Å²) in [4.78, 5) is 14.0. The zero-order chi connectivity index (χ0) is 12.5. The van der Waals surface area contributed by atoms with Crippen LogP contribution in [0, 0.1) is 5.41 Å². The summed E-state index contributed by atoms with van der Waals surface area (Å²) >= 11 is 0. The second-order valence-corrected chi connectivity index (χ2v) is 6.73. The van der Waals surface area contributed by atoms with Crippen molar-refractivity contribution >= 4 is 5.91 Å². The molecule has 0 aromatic rings. The van der Waals surface area contributed by atoms with Crippen molar-refractivity contribution in [2.45, 2.75) is 65.0 Å². The van der Waals surface area contributed by atoms with Gasteiger partial charge >= 0.3 is 0 Å². The molecule has 0 radical (unpaired) electrons. The van der Waals surface area contributed by atoms with Crippen LogP contribution in [0.5, 0.6) is 0 Å². The second-order valence-electron chi connectivity index (χ2n) is 6.73. The summed E-state index contributed by atoms with van der Waals surface area (Å²) in [6.45, 7) is 8.82. The molecule has 2 heterocycles. The lowest BCUT2D eigenvalue weighted by Gasteiger charge is -2.33. The predicted octanol–water partition coefficient (Wildman–Crippen LogP) is 2.17. The molecule has 3 nitrogen and oxygen atoms in total. The maximum absolute atomic E-state index is 11.9. The third-order valence-electron chi connectivity index (χ3n) is 4.01. The van der Waals surface area contributed by atoms with Crippen molar-refractivity contribution in [1.82, 2.24) is 10.2 Å². The SMILES string of the molecule is CC(C)(C)CCNC1CC(=O)N2CCCCC12. The van der Waals surface area contributed by atoms with Crippen molar-refractivity contribution < 1.29 is 4.79 Å². The summed E-state index contributed by atoms with van der Waals surface area (Å²) in [6, 6.07) is 0.890. The van der Waals surface area contributed by atoms with Crippen LogP contribution in [0.2, 0.25) is 0 Å². The molecular weight excluding hydrogens is 212 g/mol. The molecule has 2 unspecified atom stereocenters. The largest absolute Gasteiger partial charge is 0.338 e. The van der Waals surface area contributed by atoms with Crippen LogP contribution in [-0.4, -0.2) is 36.0 Å². The number of carbonyl (C=O) groups excluding carboxylic acids is 1. The highest BCUT2D eigenvalue weighted by Crippen LogP contribution is 2.28. The summed E-state index contributed by atoms with van der Waals surface area (Å²) in [5, 5.41) is 3.61. The first-order valence-corrected chi connectivity index (χ1v) is 7.00. The van der Waals surface area contributed by atoms with E-state index < -0.39 is 0 Å². The predicted molar refractivity (Wildman–Crippen MR) is 69.8 cm³/mol. The van der Waals surface area contributed by atoms with Crippen LogP contribution in [0.4, 0.5) is 0 Å². The van der Waals surface area contributed by atoms with E-state index in [0.717, 1.165) is 19.5 Å². The van der Waals surface area contributed by atoms with Gasteiger partial charge in [-0.2, -0.15) is 0 Å². The van der Waals surface area contributed by atoms with Crippen molar-refractivity contribution in [3.8, 4) is 0 Å². The number of nitrogens with one attached hydrogen (secondary N) is 1. The second kappa shape index (κ2) is 4.97. The summed E-state index contributed by atoms with van der Waals surface area (Å²) in [7, 11) is 0. The Bertz CT molecular complexity index is 282. The fraction of sp³-hybridized carbons (Fsp3) is 0.929. The zero-order valence-corrected chi connectivity index (χ0v) is 11.5. The molecule has 2 atom stereocenters. The van der Waals surface area contributed by atoms with Crippen LogP contribution in [-0.2, 0) is 4.79 Å². The normalized spacial score (nSPS) is 29.6. The van der Waals surface area contributed by atoms with Crippen LogP contribution in [0.15, 0.2) is 0 Å². The lowest BCUT2D eigenvalue weighted by Crippen LogP contribution is -2.46. The van der Waals surface area contributed by atoms with Crippen LogP contribution < -0.4 is 5.32 Å². The molecule has 2 saturated heterocycles. The molecule has 0 aromatic heterocycles. The molecule has 0 spiro atoms. The van der Waals surface area contributed by atoms with E-state index in [1.165, 1.54) is 25.7 Å². The molecule has 0 aromatic carbocycles. The summed E-state index contributed by atoms with van der Waals surface area (Å²) < 4.78 is 0. The Morgan fingerprint density at radius 3 is 2.82 bits per heavy atom. The van der Waals surface area contributed by atoms with Gasteiger partial charge in [0.1, 0.15) is 0 Å². The maximum Gasteiger partial charge on any atom is 0.224 e.